The summed E-state index contributed by atoms with van der Waals surface area (Å²) in [5.74, 6) is 1.49. The molecule has 7 nitrogen and oxygen atoms in total. The summed E-state index contributed by atoms with van der Waals surface area (Å²) in [6, 6.07) is 6.90. The van der Waals surface area contributed by atoms with E-state index in [4.69, 9.17) is 9.47 Å². The second-order valence-corrected chi connectivity index (χ2v) is 6.69. The zero-order chi connectivity index (χ0) is 19.5. The van der Waals surface area contributed by atoms with Crippen molar-refractivity contribution in [2.45, 2.75) is 13.5 Å². The van der Waals surface area contributed by atoms with Gasteiger partial charge in [0.05, 0.1) is 18.6 Å². The number of halogens is 1. The largest absolute Gasteiger partial charge is 0.493 e. The minimum absolute atomic E-state index is 0.0853. The average Bonchev–Trinajstić information content (AvgIpc) is 2.61. The average molecular weight is 444 g/mol. The maximum atomic E-state index is 11.1. The van der Waals surface area contributed by atoms with E-state index in [2.05, 4.69) is 26.2 Å². The molecule has 0 aliphatic carbocycles. The first kappa shape index (κ1) is 22.0. The number of ether oxygens (including phenoxy) is 2. The third-order valence-electron chi connectivity index (χ3n) is 3.02. The van der Waals surface area contributed by atoms with Crippen LogP contribution in [0.3, 0.4) is 0 Å². The molecule has 0 atom stereocenters. The minimum Gasteiger partial charge on any atom is -0.493 e. The Balaban J connectivity index is 0.00000105. The number of methoxy groups -OCH3 is 1. The molecule has 26 heavy (non-hydrogen) atoms. The van der Waals surface area contributed by atoms with E-state index in [1.807, 2.05) is 31.6 Å². The number of benzene rings is 1. The summed E-state index contributed by atoms with van der Waals surface area (Å²) >= 11 is 4.93. The van der Waals surface area contributed by atoms with E-state index in [-0.39, 0.29) is 11.5 Å². The zero-order valence-electron chi connectivity index (χ0n) is 15.1. The molecule has 0 saturated heterocycles. The van der Waals surface area contributed by atoms with Gasteiger partial charge in [0, 0.05) is 23.3 Å². The number of hydrogen-bond acceptors (Lipinski definition) is 7. The predicted molar refractivity (Wildman–Crippen MR) is 110 cm³/mol. The van der Waals surface area contributed by atoms with Crippen molar-refractivity contribution in [1.82, 2.24) is 4.98 Å². The van der Waals surface area contributed by atoms with E-state index in [0.29, 0.717) is 29.1 Å². The van der Waals surface area contributed by atoms with E-state index < -0.39 is 4.92 Å². The van der Waals surface area contributed by atoms with Crippen LogP contribution < -0.4 is 14.8 Å². The van der Waals surface area contributed by atoms with Crippen LogP contribution in [0.25, 0.3) is 0 Å². The fourth-order valence-electron chi connectivity index (χ4n) is 1.99. The number of nitro groups is 1. The van der Waals surface area contributed by atoms with E-state index in [0.717, 1.165) is 5.56 Å². The first-order valence-electron chi connectivity index (χ1n) is 7.70. The van der Waals surface area contributed by atoms with E-state index in [9.17, 15) is 10.1 Å². The molecule has 1 N–H and O–H groups in total. The maximum Gasteiger partial charge on any atom is 0.312 e. The minimum atomic E-state index is -0.472. The quantitative estimate of drug-likeness (QED) is 0.487. The summed E-state index contributed by atoms with van der Waals surface area (Å²) in [7, 11) is 1.57. The first-order chi connectivity index (χ1) is 12.5. The normalized spacial score (nSPS) is 9.73. The maximum absolute atomic E-state index is 11.1. The number of rotatable bonds is 7. The lowest BCUT2D eigenvalue weighted by molar-refractivity contribution is -0.384. The van der Waals surface area contributed by atoms with E-state index in [1.165, 1.54) is 12.3 Å². The summed E-state index contributed by atoms with van der Waals surface area (Å²) in [6.07, 6.45) is 5.59. The molecule has 0 radical (unpaired) electrons. The second-order valence-electron chi connectivity index (χ2n) is 4.96. The molecule has 0 aliphatic heterocycles. The van der Waals surface area contributed by atoms with Crippen LogP contribution in [0.5, 0.6) is 11.5 Å². The summed E-state index contributed by atoms with van der Waals surface area (Å²) in [6.45, 7) is 2.78. The molecule has 2 aromatic rings. The highest BCUT2D eigenvalue weighted by Gasteiger charge is 2.16. The van der Waals surface area contributed by atoms with Gasteiger partial charge in [0.1, 0.15) is 0 Å². The summed E-state index contributed by atoms with van der Waals surface area (Å²) in [5.41, 5.74) is 0.811. The van der Waals surface area contributed by atoms with Gasteiger partial charge in [-0.15, -0.1) is 0 Å². The Morgan fingerprint density at radius 3 is 2.58 bits per heavy atom. The first-order valence-corrected chi connectivity index (χ1v) is 10.1. The Morgan fingerprint density at radius 1 is 1.31 bits per heavy atom. The highest BCUT2D eigenvalue weighted by molar-refractivity contribution is 9.10. The zero-order valence-corrected chi connectivity index (χ0v) is 17.5. The Bertz CT molecular complexity index is 731. The lowest BCUT2D eigenvalue weighted by atomic mass is 10.2. The Kier molecular flexibility index (Phi) is 9.82. The van der Waals surface area contributed by atoms with E-state index >= 15 is 0 Å². The van der Waals surface area contributed by atoms with Crippen LogP contribution in [0.2, 0.25) is 0 Å². The Hall–Kier alpha value is -2.00. The molecule has 1 aromatic carbocycles. The van der Waals surface area contributed by atoms with Gasteiger partial charge in [-0.3, -0.25) is 10.1 Å². The van der Waals surface area contributed by atoms with Crippen molar-refractivity contribution >= 4 is 39.2 Å². The smallest absolute Gasteiger partial charge is 0.312 e. The topological polar surface area (TPSA) is 86.5 Å². The molecule has 142 valence electrons. The molecule has 9 heteroatoms. The van der Waals surface area contributed by atoms with E-state index in [1.54, 1.807) is 24.9 Å². The van der Waals surface area contributed by atoms with Crippen LogP contribution >= 0.6 is 27.7 Å². The summed E-state index contributed by atoms with van der Waals surface area (Å²) in [5, 5.41) is 14.1. The molecule has 0 aliphatic rings. The molecule has 0 saturated carbocycles. The van der Waals surface area contributed by atoms with Crippen molar-refractivity contribution in [3.8, 4) is 11.5 Å². The van der Waals surface area contributed by atoms with Crippen molar-refractivity contribution in [3.05, 3.63) is 50.6 Å². The third kappa shape index (κ3) is 6.72. The van der Waals surface area contributed by atoms with Gasteiger partial charge >= 0.3 is 5.69 Å². The van der Waals surface area contributed by atoms with Gasteiger partial charge in [-0.25, -0.2) is 4.98 Å². The molecular weight excluding hydrogens is 422 g/mol. The molecular formula is C17H22BrN3O4S. The van der Waals surface area contributed by atoms with Gasteiger partial charge < -0.3 is 14.8 Å². The summed E-state index contributed by atoms with van der Waals surface area (Å²) in [4.78, 5) is 14.7. The Morgan fingerprint density at radius 2 is 2.00 bits per heavy atom. The van der Waals surface area contributed by atoms with Crippen LogP contribution in [0.4, 0.5) is 11.5 Å². The Labute approximate surface area is 165 Å². The van der Waals surface area contributed by atoms with Crippen molar-refractivity contribution in [3.63, 3.8) is 0 Å². The number of nitrogens with one attached hydrogen (secondary N) is 1. The van der Waals surface area contributed by atoms with Crippen molar-refractivity contribution in [2.24, 2.45) is 0 Å². The molecule has 0 unspecified atom stereocenters. The number of hydrogen-bond donors (Lipinski definition) is 1. The van der Waals surface area contributed by atoms with Crippen molar-refractivity contribution < 1.29 is 14.4 Å². The second kappa shape index (κ2) is 11.6. The van der Waals surface area contributed by atoms with Crippen molar-refractivity contribution in [2.75, 3.05) is 31.5 Å². The predicted octanol–water partition coefficient (Wildman–Crippen LogP) is 4.75. The number of pyridine rings is 1. The lowest BCUT2D eigenvalue weighted by Gasteiger charge is -2.12. The number of thioether (sulfide) groups is 1. The third-order valence-corrected chi connectivity index (χ3v) is 3.45. The fraction of sp³-hybridized carbons (Fsp3) is 0.353. The van der Waals surface area contributed by atoms with Gasteiger partial charge in [0.25, 0.3) is 0 Å². The van der Waals surface area contributed by atoms with Crippen LogP contribution in [0, 0.1) is 10.1 Å². The SMILES string of the molecule is CCOc1cc(CNc2ncc(Br)cc2[N+](=O)[O-])ccc1OC.CSC. The highest BCUT2D eigenvalue weighted by atomic mass is 79.9. The standard InChI is InChI=1S/C15H16BrN3O4.C2H6S/c1-3-23-14-6-10(4-5-13(14)22-2)8-17-15-12(19(20)21)7-11(16)9-18-15;1-3-2/h4-7,9H,3,8H2,1-2H3,(H,17,18);1-2H3. The van der Waals surface area contributed by atoms with Crippen molar-refractivity contribution in [1.29, 1.82) is 0 Å². The highest BCUT2D eigenvalue weighted by Crippen LogP contribution is 2.29. The number of aromatic nitrogens is 1. The molecule has 0 spiro atoms. The lowest BCUT2D eigenvalue weighted by Crippen LogP contribution is -2.05. The van der Waals surface area contributed by atoms with Gasteiger partial charge in [-0.2, -0.15) is 11.8 Å². The molecule has 1 heterocycles. The molecule has 2 rings (SSSR count). The molecule has 0 bridgehead atoms. The molecule has 1 aromatic heterocycles. The monoisotopic (exact) mass is 443 g/mol. The van der Waals surface area contributed by atoms with Crippen LogP contribution in [-0.2, 0) is 6.54 Å². The van der Waals surface area contributed by atoms with Crippen LogP contribution in [0.15, 0.2) is 34.9 Å². The fourth-order valence-corrected chi connectivity index (χ4v) is 2.31. The van der Waals surface area contributed by atoms with Crippen LogP contribution in [-0.4, -0.2) is 36.1 Å². The van der Waals surface area contributed by atoms with Gasteiger partial charge in [-0.1, -0.05) is 6.07 Å². The molecule has 0 fully saturated rings. The number of anilines is 1. The van der Waals surface area contributed by atoms with Gasteiger partial charge in [-0.05, 0) is 53.1 Å². The summed E-state index contributed by atoms with van der Waals surface area (Å²) < 4.78 is 11.3. The van der Waals surface area contributed by atoms with Gasteiger partial charge in [0.2, 0.25) is 5.82 Å². The van der Waals surface area contributed by atoms with Gasteiger partial charge in [0.15, 0.2) is 11.5 Å². The number of nitrogens with zero attached hydrogens (tertiary/aromatic N) is 2. The van der Waals surface area contributed by atoms with Crippen LogP contribution in [0.1, 0.15) is 12.5 Å². The molecule has 0 amide bonds.